The van der Waals surface area contributed by atoms with Crippen molar-refractivity contribution in [3.05, 3.63) is 47.5 Å². The molecule has 0 unspecified atom stereocenters. The van der Waals surface area contributed by atoms with E-state index in [2.05, 4.69) is 4.98 Å². The van der Waals surface area contributed by atoms with Crippen molar-refractivity contribution in [1.29, 1.82) is 0 Å². The molecule has 0 aliphatic heterocycles. The van der Waals surface area contributed by atoms with Gasteiger partial charge in [0.1, 0.15) is 5.52 Å². The molecular formula is C15H14N2O. The smallest absolute Gasteiger partial charge is 0.227 e. The molecule has 3 nitrogen and oxygen atoms in total. The molecule has 0 aliphatic rings. The molecule has 3 rings (SSSR count). The van der Waals surface area contributed by atoms with Gasteiger partial charge in [-0.1, -0.05) is 6.07 Å². The lowest BCUT2D eigenvalue weighted by atomic mass is 10.1. The molecule has 0 atom stereocenters. The molecular weight excluding hydrogens is 224 g/mol. The average molecular weight is 238 g/mol. The van der Waals surface area contributed by atoms with Crippen molar-refractivity contribution in [3.63, 3.8) is 0 Å². The number of hydrogen-bond donors (Lipinski definition) is 1. The highest BCUT2D eigenvalue weighted by atomic mass is 16.3. The van der Waals surface area contributed by atoms with Crippen LogP contribution in [0.3, 0.4) is 0 Å². The fourth-order valence-electron chi connectivity index (χ4n) is 1.97. The number of benzene rings is 2. The summed E-state index contributed by atoms with van der Waals surface area (Å²) in [6.45, 7) is 4.02. The number of rotatable bonds is 1. The third-order valence-electron chi connectivity index (χ3n) is 3.06. The molecule has 3 aromatic rings. The van der Waals surface area contributed by atoms with Gasteiger partial charge in [-0.25, -0.2) is 4.98 Å². The number of nitrogens with zero attached hydrogens (tertiary/aromatic N) is 1. The maximum atomic E-state index is 5.81. The number of aryl methyl sites for hydroxylation is 2. The topological polar surface area (TPSA) is 52.0 Å². The zero-order chi connectivity index (χ0) is 12.7. The molecule has 0 spiro atoms. The Hall–Kier alpha value is -2.29. The summed E-state index contributed by atoms with van der Waals surface area (Å²) < 4.78 is 5.75. The average Bonchev–Trinajstić information content (AvgIpc) is 2.75. The lowest BCUT2D eigenvalue weighted by Gasteiger charge is -2.00. The van der Waals surface area contributed by atoms with Crippen LogP contribution in [-0.4, -0.2) is 4.98 Å². The van der Waals surface area contributed by atoms with Crippen LogP contribution in [0.1, 0.15) is 11.1 Å². The summed E-state index contributed by atoms with van der Waals surface area (Å²) in [6.07, 6.45) is 0. The van der Waals surface area contributed by atoms with Gasteiger partial charge in [-0.2, -0.15) is 0 Å². The van der Waals surface area contributed by atoms with Crippen LogP contribution in [0, 0.1) is 13.8 Å². The maximum absolute atomic E-state index is 5.81. The minimum absolute atomic E-state index is 0.638. The molecule has 1 heterocycles. The molecule has 2 N–H and O–H groups in total. The minimum Gasteiger partial charge on any atom is -0.436 e. The van der Waals surface area contributed by atoms with Crippen LogP contribution in [-0.2, 0) is 0 Å². The van der Waals surface area contributed by atoms with Crippen molar-refractivity contribution in [1.82, 2.24) is 4.98 Å². The van der Waals surface area contributed by atoms with E-state index in [1.165, 1.54) is 5.56 Å². The third-order valence-corrected chi connectivity index (χ3v) is 3.06. The predicted molar refractivity (Wildman–Crippen MR) is 73.3 cm³/mol. The highest BCUT2D eigenvalue weighted by Crippen LogP contribution is 2.26. The van der Waals surface area contributed by atoms with E-state index in [0.717, 1.165) is 27.9 Å². The first kappa shape index (κ1) is 10.8. The van der Waals surface area contributed by atoms with Gasteiger partial charge in [0, 0.05) is 11.3 Å². The Kier molecular flexibility index (Phi) is 2.33. The number of anilines is 1. The summed E-state index contributed by atoms with van der Waals surface area (Å²) in [5.41, 5.74) is 11.5. The largest absolute Gasteiger partial charge is 0.436 e. The van der Waals surface area contributed by atoms with E-state index in [0.29, 0.717) is 5.89 Å². The minimum atomic E-state index is 0.638. The van der Waals surface area contributed by atoms with Gasteiger partial charge in [0.2, 0.25) is 5.89 Å². The van der Waals surface area contributed by atoms with Crippen molar-refractivity contribution in [2.24, 2.45) is 0 Å². The van der Waals surface area contributed by atoms with Crippen molar-refractivity contribution in [2.75, 3.05) is 5.73 Å². The van der Waals surface area contributed by atoms with E-state index in [1.807, 2.05) is 50.2 Å². The Bertz CT molecular complexity index is 728. The van der Waals surface area contributed by atoms with Crippen LogP contribution in [0.2, 0.25) is 0 Å². The van der Waals surface area contributed by atoms with E-state index >= 15 is 0 Å². The molecule has 0 bridgehead atoms. The van der Waals surface area contributed by atoms with E-state index in [1.54, 1.807) is 0 Å². The lowest BCUT2D eigenvalue weighted by Crippen LogP contribution is -1.89. The Morgan fingerprint density at radius 2 is 1.89 bits per heavy atom. The standard InChI is InChI=1S/C15H14N2O/c1-9-3-6-14-13(7-9)17-15(18-14)11-4-5-12(16)10(2)8-11/h3-8H,16H2,1-2H3. The molecule has 0 radical (unpaired) electrons. The predicted octanol–water partition coefficient (Wildman–Crippen LogP) is 3.69. The molecule has 18 heavy (non-hydrogen) atoms. The monoisotopic (exact) mass is 238 g/mol. The second-order valence-corrected chi connectivity index (χ2v) is 4.56. The van der Waals surface area contributed by atoms with Crippen molar-refractivity contribution >= 4 is 16.8 Å². The van der Waals surface area contributed by atoms with Crippen LogP contribution in [0.5, 0.6) is 0 Å². The summed E-state index contributed by atoms with van der Waals surface area (Å²) in [5.74, 6) is 0.638. The Labute approximate surface area is 105 Å². The van der Waals surface area contributed by atoms with E-state index in [-0.39, 0.29) is 0 Å². The number of nitrogens with two attached hydrogens (primary N) is 1. The Balaban J connectivity index is 2.16. The van der Waals surface area contributed by atoms with Crippen LogP contribution in [0.25, 0.3) is 22.6 Å². The number of hydrogen-bond acceptors (Lipinski definition) is 3. The third kappa shape index (κ3) is 1.74. The zero-order valence-electron chi connectivity index (χ0n) is 10.4. The fourth-order valence-corrected chi connectivity index (χ4v) is 1.97. The number of fused-ring (bicyclic) bond motifs is 1. The van der Waals surface area contributed by atoms with Crippen molar-refractivity contribution in [3.8, 4) is 11.5 Å². The van der Waals surface area contributed by atoms with E-state index < -0.39 is 0 Å². The van der Waals surface area contributed by atoms with Gasteiger partial charge in [-0.3, -0.25) is 0 Å². The molecule has 0 amide bonds. The number of nitrogen functional groups attached to an aromatic ring is 1. The van der Waals surface area contributed by atoms with Gasteiger partial charge < -0.3 is 10.2 Å². The van der Waals surface area contributed by atoms with Crippen molar-refractivity contribution < 1.29 is 4.42 Å². The molecule has 0 fully saturated rings. The molecule has 90 valence electrons. The van der Waals surface area contributed by atoms with Gasteiger partial charge in [0.15, 0.2) is 5.58 Å². The maximum Gasteiger partial charge on any atom is 0.227 e. The molecule has 2 aromatic carbocycles. The quantitative estimate of drug-likeness (QED) is 0.658. The van der Waals surface area contributed by atoms with Crippen LogP contribution in [0.15, 0.2) is 40.8 Å². The van der Waals surface area contributed by atoms with Gasteiger partial charge in [0.25, 0.3) is 0 Å². The number of oxazole rings is 1. The summed E-state index contributed by atoms with van der Waals surface area (Å²) >= 11 is 0. The first-order valence-electron chi connectivity index (χ1n) is 5.87. The normalized spacial score (nSPS) is 11.0. The van der Waals surface area contributed by atoms with Crippen LogP contribution < -0.4 is 5.73 Å². The second kappa shape index (κ2) is 3.88. The molecule has 0 saturated carbocycles. The van der Waals surface area contributed by atoms with Crippen molar-refractivity contribution in [2.45, 2.75) is 13.8 Å². The molecule has 0 aliphatic carbocycles. The highest BCUT2D eigenvalue weighted by Gasteiger charge is 2.08. The van der Waals surface area contributed by atoms with Crippen LogP contribution >= 0.6 is 0 Å². The van der Waals surface area contributed by atoms with Gasteiger partial charge >= 0.3 is 0 Å². The first-order chi connectivity index (χ1) is 8.63. The summed E-state index contributed by atoms with van der Waals surface area (Å²) in [5, 5.41) is 0. The summed E-state index contributed by atoms with van der Waals surface area (Å²) in [6, 6.07) is 11.8. The second-order valence-electron chi connectivity index (χ2n) is 4.56. The van der Waals surface area contributed by atoms with Gasteiger partial charge in [-0.05, 0) is 55.3 Å². The van der Waals surface area contributed by atoms with E-state index in [4.69, 9.17) is 10.2 Å². The summed E-state index contributed by atoms with van der Waals surface area (Å²) in [7, 11) is 0. The molecule has 3 heteroatoms. The Morgan fingerprint density at radius 3 is 2.67 bits per heavy atom. The van der Waals surface area contributed by atoms with Gasteiger partial charge in [0.05, 0.1) is 0 Å². The van der Waals surface area contributed by atoms with Gasteiger partial charge in [-0.15, -0.1) is 0 Å². The molecule has 0 saturated heterocycles. The number of aromatic nitrogens is 1. The zero-order valence-corrected chi connectivity index (χ0v) is 10.4. The SMILES string of the molecule is Cc1ccc2oc(-c3ccc(N)c(C)c3)nc2c1. The first-order valence-corrected chi connectivity index (χ1v) is 5.87. The van der Waals surface area contributed by atoms with E-state index in [9.17, 15) is 0 Å². The Morgan fingerprint density at radius 1 is 1.06 bits per heavy atom. The lowest BCUT2D eigenvalue weighted by molar-refractivity contribution is 0.620. The highest BCUT2D eigenvalue weighted by molar-refractivity contribution is 5.77. The van der Waals surface area contributed by atoms with Crippen LogP contribution in [0.4, 0.5) is 5.69 Å². The molecule has 1 aromatic heterocycles. The fraction of sp³-hybridized carbons (Fsp3) is 0.133. The summed E-state index contributed by atoms with van der Waals surface area (Å²) in [4.78, 5) is 4.51.